The van der Waals surface area contributed by atoms with Gasteiger partial charge in [-0.15, -0.1) is 0 Å². The summed E-state index contributed by atoms with van der Waals surface area (Å²) in [6.07, 6.45) is 5.86. The second-order valence-electron chi connectivity index (χ2n) is 8.43. The minimum Gasteiger partial charge on any atom is -0.357 e. The maximum Gasteiger partial charge on any atom is 0.501 e. The van der Waals surface area contributed by atoms with Gasteiger partial charge in [-0.3, -0.25) is 9.88 Å². The number of rotatable bonds is 5. The molecule has 1 aromatic heterocycles. The zero-order valence-corrected chi connectivity index (χ0v) is 17.7. The normalized spacial score (nSPS) is 19.1. The minimum atomic E-state index is -5.33. The van der Waals surface area contributed by atoms with Gasteiger partial charge < -0.3 is 4.90 Å². The number of halogens is 3. The van der Waals surface area contributed by atoms with E-state index < -0.39 is 20.2 Å². The Morgan fingerprint density at radius 1 is 1.13 bits per heavy atom. The summed E-state index contributed by atoms with van der Waals surface area (Å²) in [6.45, 7) is 6.49. The van der Waals surface area contributed by atoms with Crippen LogP contribution in [0.25, 0.3) is 0 Å². The zero-order valence-electron chi connectivity index (χ0n) is 16.9. The maximum absolute atomic E-state index is 12.8. The van der Waals surface area contributed by atoms with Gasteiger partial charge in [-0.2, -0.15) is 13.2 Å². The smallest absolute Gasteiger partial charge is 0.357 e. The number of hydrogen-bond donors (Lipinski definition) is 0. The Balaban J connectivity index is 1.53. The van der Waals surface area contributed by atoms with Crippen molar-refractivity contribution >= 4 is 15.5 Å². The van der Waals surface area contributed by atoms with E-state index in [0.717, 1.165) is 43.8 Å². The van der Waals surface area contributed by atoms with Crippen molar-refractivity contribution in [1.82, 2.24) is 9.88 Å². The summed E-state index contributed by atoms with van der Waals surface area (Å²) in [5.74, 6) is 0.366. The van der Waals surface area contributed by atoms with Gasteiger partial charge >= 0.3 is 5.51 Å². The van der Waals surface area contributed by atoms with Gasteiger partial charge in [0.2, 0.25) is 0 Å². The molecule has 9 heteroatoms. The Hall–Kier alpha value is -2.13. The number of anilines is 1. The first-order chi connectivity index (χ1) is 14.0. The van der Waals surface area contributed by atoms with Crippen LogP contribution < -0.4 is 4.90 Å². The minimum absolute atomic E-state index is 0.0776. The van der Waals surface area contributed by atoms with Crippen molar-refractivity contribution in [2.75, 3.05) is 18.1 Å². The molecule has 1 spiro atoms. The highest BCUT2D eigenvalue weighted by atomic mass is 32.2. The SMILES string of the molecule is CC(C)c1cnccc1CN1CN(c2ccc(S(=O)(=O)C(F)(F)F)cc2)CC12CC2. The molecule has 1 saturated carbocycles. The third-order valence-corrected chi connectivity index (χ3v) is 7.57. The molecule has 4 rings (SSSR count). The van der Waals surface area contributed by atoms with E-state index in [-0.39, 0.29) is 5.54 Å². The highest BCUT2D eigenvalue weighted by molar-refractivity contribution is 7.92. The Morgan fingerprint density at radius 3 is 2.37 bits per heavy atom. The van der Waals surface area contributed by atoms with Crippen LogP contribution in [0.1, 0.15) is 43.7 Å². The summed E-state index contributed by atoms with van der Waals surface area (Å²) < 4.78 is 61.5. The van der Waals surface area contributed by atoms with E-state index in [9.17, 15) is 21.6 Å². The molecule has 2 heterocycles. The molecule has 1 aromatic carbocycles. The van der Waals surface area contributed by atoms with Crippen LogP contribution in [0.2, 0.25) is 0 Å². The first-order valence-corrected chi connectivity index (χ1v) is 11.4. The van der Waals surface area contributed by atoms with Crippen LogP contribution in [-0.4, -0.2) is 42.6 Å². The van der Waals surface area contributed by atoms with E-state index in [1.807, 2.05) is 12.3 Å². The Labute approximate surface area is 174 Å². The van der Waals surface area contributed by atoms with Crippen molar-refractivity contribution in [1.29, 1.82) is 0 Å². The van der Waals surface area contributed by atoms with Crippen LogP contribution in [0.15, 0.2) is 47.6 Å². The largest absolute Gasteiger partial charge is 0.501 e. The highest BCUT2D eigenvalue weighted by Crippen LogP contribution is 2.48. The summed E-state index contributed by atoms with van der Waals surface area (Å²) >= 11 is 0. The van der Waals surface area contributed by atoms with Gasteiger partial charge in [-0.1, -0.05) is 13.8 Å². The molecule has 0 unspecified atom stereocenters. The monoisotopic (exact) mass is 439 g/mol. The number of alkyl halides is 3. The molecular weight excluding hydrogens is 415 g/mol. The quantitative estimate of drug-likeness (QED) is 0.695. The molecule has 2 aliphatic rings. The molecule has 30 heavy (non-hydrogen) atoms. The molecule has 1 aliphatic carbocycles. The topological polar surface area (TPSA) is 53.5 Å². The van der Waals surface area contributed by atoms with Crippen LogP contribution in [0, 0.1) is 0 Å². The molecule has 2 aromatic rings. The molecule has 0 amide bonds. The van der Waals surface area contributed by atoms with Crippen molar-refractivity contribution in [3.63, 3.8) is 0 Å². The molecule has 1 saturated heterocycles. The first-order valence-electron chi connectivity index (χ1n) is 9.88. The lowest BCUT2D eigenvalue weighted by Gasteiger charge is -2.24. The van der Waals surface area contributed by atoms with Gasteiger partial charge in [0.15, 0.2) is 0 Å². The molecule has 162 valence electrons. The zero-order chi connectivity index (χ0) is 21.7. The molecule has 5 nitrogen and oxygen atoms in total. The third kappa shape index (κ3) is 3.69. The molecule has 0 N–H and O–H groups in total. The van der Waals surface area contributed by atoms with E-state index in [2.05, 4.69) is 28.6 Å². The summed E-state index contributed by atoms with van der Waals surface area (Å²) in [7, 11) is -5.33. The Morgan fingerprint density at radius 2 is 1.80 bits per heavy atom. The molecule has 0 bridgehead atoms. The van der Waals surface area contributed by atoms with Crippen molar-refractivity contribution < 1.29 is 21.6 Å². The summed E-state index contributed by atoms with van der Waals surface area (Å²) in [5, 5.41) is 0. The van der Waals surface area contributed by atoms with Gasteiger partial charge in [-0.25, -0.2) is 8.42 Å². The van der Waals surface area contributed by atoms with E-state index in [0.29, 0.717) is 12.6 Å². The summed E-state index contributed by atoms with van der Waals surface area (Å²) in [5.41, 5.74) is -2.04. The molecule has 0 radical (unpaired) electrons. The van der Waals surface area contributed by atoms with Gasteiger partial charge in [0.1, 0.15) is 0 Å². The number of aromatic nitrogens is 1. The lowest BCUT2D eigenvalue weighted by Crippen LogP contribution is -2.32. The average molecular weight is 440 g/mol. The third-order valence-electron chi connectivity index (χ3n) is 6.07. The standard InChI is InChI=1S/C21H24F3N3O2S/c1-15(2)19-11-25-10-7-16(19)12-27-14-26(13-20(27)8-9-20)17-3-5-18(6-4-17)30(28,29)21(22,23)24/h3-7,10-11,15H,8-9,12-14H2,1-2H3. The molecule has 0 atom stereocenters. The molecule has 2 fully saturated rings. The van der Waals surface area contributed by atoms with Gasteiger partial charge in [-0.05, 0) is 60.2 Å². The van der Waals surface area contributed by atoms with Crippen LogP contribution >= 0.6 is 0 Å². The van der Waals surface area contributed by atoms with Crippen molar-refractivity contribution in [2.24, 2.45) is 0 Å². The maximum atomic E-state index is 12.8. The predicted molar refractivity (Wildman–Crippen MR) is 108 cm³/mol. The second-order valence-corrected chi connectivity index (χ2v) is 10.4. The van der Waals surface area contributed by atoms with E-state index in [1.165, 1.54) is 23.3 Å². The van der Waals surface area contributed by atoms with Gasteiger partial charge in [0.05, 0.1) is 11.6 Å². The van der Waals surface area contributed by atoms with Crippen LogP contribution in [-0.2, 0) is 16.4 Å². The van der Waals surface area contributed by atoms with Gasteiger partial charge in [0, 0.05) is 36.7 Å². The number of hydrogen-bond acceptors (Lipinski definition) is 5. The van der Waals surface area contributed by atoms with E-state index in [4.69, 9.17) is 0 Å². The fourth-order valence-corrected chi connectivity index (χ4v) is 4.91. The second kappa shape index (κ2) is 7.23. The fraction of sp³-hybridized carbons (Fsp3) is 0.476. The number of benzene rings is 1. The van der Waals surface area contributed by atoms with Crippen molar-refractivity contribution in [3.05, 3.63) is 53.9 Å². The molecule has 1 aliphatic heterocycles. The predicted octanol–water partition coefficient (Wildman–Crippen LogP) is 4.31. The number of sulfone groups is 1. The number of pyridine rings is 1. The average Bonchev–Trinajstić information content (AvgIpc) is 3.38. The Kier molecular flexibility index (Phi) is 5.09. The van der Waals surface area contributed by atoms with Crippen LogP contribution in [0.4, 0.5) is 18.9 Å². The van der Waals surface area contributed by atoms with E-state index in [1.54, 1.807) is 6.20 Å². The van der Waals surface area contributed by atoms with Crippen molar-refractivity contribution in [3.8, 4) is 0 Å². The summed E-state index contributed by atoms with van der Waals surface area (Å²) in [4.78, 5) is 8.03. The first kappa shape index (κ1) is 21.1. The van der Waals surface area contributed by atoms with E-state index >= 15 is 0 Å². The van der Waals surface area contributed by atoms with Gasteiger partial charge in [0.25, 0.3) is 9.84 Å². The van der Waals surface area contributed by atoms with Crippen molar-refractivity contribution in [2.45, 2.75) is 55.1 Å². The fourth-order valence-electron chi connectivity index (χ4n) is 4.15. The summed E-state index contributed by atoms with van der Waals surface area (Å²) in [6, 6.07) is 7.06. The van der Waals surface area contributed by atoms with Crippen LogP contribution in [0.5, 0.6) is 0 Å². The highest BCUT2D eigenvalue weighted by Gasteiger charge is 2.53. The molecular formula is C21H24F3N3O2S. The lowest BCUT2D eigenvalue weighted by molar-refractivity contribution is -0.0436. The number of nitrogens with zero attached hydrogens (tertiary/aromatic N) is 3. The lowest BCUT2D eigenvalue weighted by atomic mass is 9.99. The van der Waals surface area contributed by atoms with Crippen LogP contribution in [0.3, 0.4) is 0 Å². The Bertz CT molecular complexity index is 1030.